The van der Waals surface area contributed by atoms with Crippen molar-refractivity contribution >= 4 is 16.9 Å². The summed E-state index contributed by atoms with van der Waals surface area (Å²) >= 11 is 0. The molecule has 0 aliphatic heterocycles. The van der Waals surface area contributed by atoms with Gasteiger partial charge in [-0.3, -0.25) is 0 Å². The third kappa shape index (κ3) is 2.24. The van der Waals surface area contributed by atoms with Crippen LogP contribution in [0.25, 0.3) is 11.0 Å². The Morgan fingerprint density at radius 1 is 1.25 bits per heavy atom. The van der Waals surface area contributed by atoms with Gasteiger partial charge in [-0.05, 0) is 19.8 Å². The zero-order valence-electron chi connectivity index (χ0n) is 12.0. The van der Waals surface area contributed by atoms with Gasteiger partial charge in [0.05, 0.1) is 23.7 Å². The van der Waals surface area contributed by atoms with Crippen molar-refractivity contribution in [1.29, 1.82) is 0 Å². The lowest BCUT2D eigenvalue weighted by molar-refractivity contribution is 0.101. The molecule has 20 heavy (non-hydrogen) atoms. The van der Waals surface area contributed by atoms with E-state index in [-0.39, 0.29) is 12.1 Å². The molecule has 6 heteroatoms. The van der Waals surface area contributed by atoms with Crippen LogP contribution in [-0.2, 0) is 0 Å². The second-order valence-electron chi connectivity index (χ2n) is 5.47. The van der Waals surface area contributed by atoms with Gasteiger partial charge in [0.2, 0.25) is 0 Å². The molecule has 0 radical (unpaired) electrons. The van der Waals surface area contributed by atoms with Crippen LogP contribution in [0.2, 0.25) is 0 Å². The van der Waals surface area contributed by atoms with Crippen LogP contribution in [0, 0.1) is 6.92 Å². The largest absolute Gasteiger partial charge is 0.391 e. The molecule has 0 saturated heterocycles. The number of nitrogens with zero attached hydrogens (tertiary/aromatic N) is 4. The predicted octanol–water partition coefficient (Wildman–Crippen LogP) is 2.04. The molecular weight excluding hydrogens is 254 g/mol. The molecule has 0 amide bonds. The zero-order valence-corrected chi connectivity index (χ0v) is 12.0. The highest BCUT2D eigenvalue weighted by molar-refractivity contribution is 5.86. The molecule has 2 N–H and O–H groups in total. The third-order valence-electron chi connectivity index (χ3n) is 4.06. The van der Waals surface area contributed by atoms with Crippen LogP contribution in [0.1, 0.15) is 44.0 Å². The van der Waals surface area contributed by atoms with E-state index in [1.807, 2.05) is 18.7 Å². The van der Waals surface area contributed by atoms with E-state index in [2.05, 4.69) is 20.4 Å². The number of aryl methyl sites for hydroxylation is 1. The van der Waals surface area contributed by atoms with E-state index >= 15 is 0 Å². The van der Waals surface area contributed by atoms with Crippen LogP contribution in [0.5, 0.6) is 0 Å². The first-order valence-corrected chi connectivity index (χ1v) is 7.28. The number of nitrogens with one attached hydrogen (secondary N) is 1. The van der Waals surface area contributed by atoms with Crippen molar-refractivity contribution in [3.05, 3.63) is 12.0 Å². The summed E-state index contributed by atoms with van der Waals surface area (Å²) in [4.78, 5) is 8.90. The molecule has 2 heterocycles. The van der Waals surface area contributed by atoms with Gasteiger partial charge >= 0.3 is 0 Å². The van der Waals surface area contributed by atoms with E-state index in [0.29, 0.717) is 5.82 Å². The topological polar surface area (TPSA) is 75.9 Å². The van der Waals surface area contributed by atoms with Crippen molar-refractivity contribution in [3.8, 4) is 0 Å². The van der Waals surface area contributed by atoms with Gasteiger partial charge < -0.3 is 10.4 Å². The van der Waals surface area contributed by atoms with E-state index in [9.17, 15) is 5.11 Å². The SMILES string of the molecule is CNc1nc(C)nc2c1cnn2C1CCCCCC1O. The molecule has 2 aromatic heterocycles. The average Bonchev–Trinajstić information content (AvgIpc) is 2.73. The third-order valence-corrected chi connectivity index (χ3v) is 4.06. The van der Waals surface area contributed by atoms with E-state index in [0.717, 1.165) is 42.5 Å². The first kappa shape index (κ1) is 13.3. The Hall–Kier alpha value is -1.69. The van der Waals surface area contributed by atoms with E-state index in [1.54, 1.807) is 6.20 Å². The van der Waals surface area contributed by atoms with Crippen LogP contribution in [0.4, 0.5) is 5.82 Å². The minimum Gasteiger partial charge on any atom is -0.391 e. The number of aliphatic hydroxyl groups excluding tert-OH is 1. The summed E-state index contributed by atoms with van der Waals surface area (Å²) in [5.74, 6) is 1.51. The molecule has 1 aliphatic carbocycles. The summed E-state index contributed by atoms with van der Waals surface area (Å²) in [6.07, 6.45) is 6.65. The minimum atomic E-state index is -0.339. The Bertz CT molecular complexity index is 609. The van der Waals surface area contributed by atoms with Gasteiger partial charge in [-0.15, -0.1) is 0 Å². The average molecular weight is 275 g/mol. The van der Waals surface area contributed by atoms with Crippen molar-refractivity contribution in [1.82, 2.24) is 19.7 Å². The second kappa shape index (κ2) is 5.36. The molecular formula is C14H21N5O. The molecule has 1 aliphatic rings. The smallest absolute Gasteiger partial charge is 0.163 e. The quantitative estimate of drug-likeness (QED) is 0.820. The summed E-state index contributed by atoms with van der Waals surface area (Å²) < 4.78 is 1.89. The number of anilines is 1. The van der Waals surface area contributed by atoms with Crippen LogP contribution in [0.15, 0.2) is 6.20 Å². The number of fused-ring (bicyclic) bond motifs is 1. The van der Waals surface area contributed by atoms with Crippen LogP contribution in [-0.4, -0.2) is 38.0 Å². The number of hydrogen-bond donors (Lipinski definition) is 2. The van der Waals surface area contributed by atoms with Crippen molar-refractivity contribution in [2.24, 2.45) is 0 Å². The fourth-order valence-electron chi connectivity index (χ4n) is 3.02. The number of hydrogen-bond acceptors (Lipinski definition) is 5. The Labute approximate surface area is 118 Å². The summed E-state index contributed by atoms with van der Waals surface area (Å²) in [6.45, 7) is 1.88. The van der Waals surface area contributed by atoms with E-state index in [1.165, 1.54) is 6.42 Å². The molecule has 108 valence electrons. The van der Waals surface area contributed by atoms with E-state index < -0.39 is 0 Å². The van der Waals surface area contributed by atoms with Gasteiger partial charge in [0.1, 0.15) is 11.6 Å². The van der Waals surface area contributed by atoms with Crippen molar-refractivity contribution in [2.75, 3.05) is 12.4 Å². The van der Waals surface area contributed by atoms with Crippen LogP contribution >= 0.6 is 0 Å². The maximum atomic E-state index is 10.4. The van der Waals surface area contributed by atoms with Gasteiger partial charge in [0.25, 0.3) is 0 Å². The lowest BCUT2D eigenvalue weighted by Crippen LogP contribution is -2.24. The van der Waals surface area contributed by atoms with Crippen LogP contribution in [0.3, 0.4) is 0 Å². The molecule has 1 saturated carbocycles. The zero-order chi connectivity index (χ0) is 14.1. The molecule has 0 bridgehead atoms. The highest BCUT2D eigenvalue weighted by Crippen LogP contribution is 2.30. The normalized spacial score (nSPS) is 23.8. The van der Waals surface area contributed by atoms with Crippen LogP contribution < -0.4 is 5.32 Å². The first-order valence-electron chi connectivity index (χ1n) is 7.28. The second-order valence-corrected chi connectivity index (χ2v) is 5.47. The van der Waals surface area contributed by atoms with Crippen molar-refractivity contribution in [3.63, 3.8) is 0 Å². The number of rotatable bonds is 2. The highest BCUT2D eigenvalue weighted by Gasteiger charge is 2.26. The summed E-state index contributed by atoms with van der Waals surface area (Å²) in [5.41, 5.74) is 0.813. The monoisotopic (exact) mass is 275 g/mol. The maximum Gasteiger partial charge on any atom is 0.163 e. The summed E-state index contributed by atoms with van der Waals surface area (Å²) in [6, 6.07) is 0.0222. The fourth-order valence-corrected chi connectivity index (χ4v) is 3.02. The van der Waals surface area contributed by atoms with E-state index in [4.69, 9.17) is 0 Å². The molecule has 2 atom stereocenters. The standard InChI is InChI=1S/C14H21N5O/c1-9-17-13(15-2)10-8-16-19(14(10)18-9)11-6-4-3-5-7-12(11)20/h8,11-12,20H,3-7H2,1-2H3,(H,15,17,18). The maximum absolute atomic E-state index is 10.4. The predicted molar refractivity (Wildman–Crippen MR) is 77.7 cm³/mol. The number of aromatic nitrogens is 4. The molecule has 2 unspecified atom stereocenters. The summed E-state index contributed by atoms with van der Waals surface area (Å²) in [5, 5.41) is 18.8. The van der Waals surface area contributed by atoms with Gasteiger partial charge in [0.15, 0.2) is 5.65 Å². The Morgan fingerprint density at radius 2 is 2.05 bits per heavy atom. The number of aliphatic hydroxyl groups is 1. The fraction of sp³-hybridized carbons (Fsp3) is 0.643. The lowest BCUT2D eigenvalue weighted by Gasteiger charge is -2.21. The lowest BCUT2D eigenvalue weighted by atomic mass is 10.1. The molecule has 3 rings (SSSR count). The van der Waals surface area contributed by atoms with Gasteiger partial charge in [-0.25, -0.2) is 14.6 Å². The molecule has 0 spiro atoms. The molecule has 1 fully saturated rings. The minimum absolute atomic E-state index is 0.0222. The van der Waals surface area contributed by atoms with Gasteiger partial charge in [0, 0.05) is 7.05 Å². The molecule has 6 nitrogen and oxygen atoms in total. The highest BCUT2D eigenvalue weighted by atomic mass is 16.3. The Balaban J connectivity index is 2.09. The Morgan fingerprint density at radius 3 is 2.85 bits per heavy atom. The van der Waals surface area contributed by atoms with Crippen molar-refractivity contribution in [2.45, 2.75) is 51.2 Å². The summed E-state index contributed by atoms with van der Waals surface area (Å²) in [7, 11) is 1.85. The first-order chi connectivity index (χ1) is 9.70. The van der Waals surface area contributed by atoms with Gasteiger partial charge in [-0.2, -0.15) is 5.10 Å². The van der Waals surface area contributed by atoms with Crippen molar-refractivity contribution < 1.29 is 5.11 Å². The van der Waals surface area contributed by atoms with Gasteiger partial charge in [-0.1, -0.05) is 19.3 Å². The molecule has 0 aromatic carbocycles. The Kier molecular flexibility index (Phi) is 3.56. The molecule has 2 aromatic rings.